The number of carbonyl (C=O) groups excluding carboxylic acids is 1. The van der Waals surface area contributed by atoms with E-state index < -0.39 is 0 Å². The van der Waals surface area contributed by atoms with Crippen LogP contribution in [0.2, 0.25) is 5.02 Å². The lowest BCUT2D eigenvalue weighted by Crippen LogP contribution is -2.13. The van der Waals surface area contributed by atoms with Crippen molar-refractivity contribution >= 4 is 45.7 Å². The number of hydrogen-bond donors (Lipinski definition) is 1. The van der Waals surface area contributed by atoms with E-state index in [2.05, 4.69) is 10.3 Å². The Morgan fingerprint density at radius 3 is 2.82 bits per heavy atom. The highest BCUT2D eigenvalue weighted by molar-refractivity contribution is 8.00. The molecule has 0 fully saturated rings. The molecule has 3 nitrogen and oxygen atoms in total. The zero-order valence-corrected chi connectivity index (χ0v) is 11.1. The van der Waals surface area contributed by atoms with Crippen LogP contribution >= 0.6 is 34.7 Å². The van der Waals surface area contributed by atoms with Gasteiger partial charge in [0.05, 0.1) is 5.75 Å². The Morgan fingerprint density at radius 2 is 2.18 bits per heavy atom. The van der Waals surface area contributed by atoms with Gasteiger partial charge in [0, 0.05) is 21.5 Å². The molecule has 0 radical (unpaired) electrons. The minimum Gasteiger partial charge on any atom is -0.301 e. The van der Waals surface area contributed by atoms with E-state index in [-0.39, 0.29) is 5.91 Å². The average molecular weight is 285 g/mol. The molecule has 6 heteroatoms. The summed E-state index contributed by atoms with van der Waals surface area (Å²) < 4.78 is 0. The number of amides is 1. The molecule has 0 unspecified atom stereocenters. The summed E-state index contributed by atoms with van der Waals surface area (Å²) in [6.45, 7) is 0. The van der Waals surface area contributed by atoms with Crippen molar-refractivity contribution in [3.63, 3.8) is 0 Å². The lowest BCUT2D eigenvalue weighted by Gasteiger charge is -2.02. The molecule has 1 aromatic heterocycles. The third-order valence-corrected chi connectivity index (χ3v) is 3.81. The summed E-state index contributed by atoms with van der Waals surface area (Å²) in [5.41, 5.74) is 0. The van der Waals surface area contributed by atoms with E-state index in [1.54, 1.807) is 6.20 Å². The molecule has 2 rings (SSSR count). The first kappa shape index (κ1) is 12.4. The number of anilines is 1. The maximum Gasteiger partial charge on any atom is 0.236 e. The third kappa shape index (κ3) is 4.03. The number of benzene rings is 1. The lowest BCUT2D eigenvalue weighted by molar-refractivity contribution is -0.113. The van der Waals surface area contributed by atoms with Gasteiger partial charge in [-0.3, -0.25) is 4.79 Å². The van der Waals surface area contributed by atoms with E-state index in [1.165, 1.54) is 23.1 Å². The maximum atomic E-state index is 11.6. The van der Waals surface area contributed by atoms with Crippen molar-refractivity contribution in [3.05, 3.63) is 40.9 Å². The first-order chi connectivity index (χ1) is 8.24. The summed E-state index contributed by atoms with van der Waals surface area (Å²) in [6.07, 6.45) is 1.66. The Kier molecular flexibility index (Phi) is 4.42. The van der Waals surface area contributed by atoms with Crippen LogP contribution < -0.4 is 5.32 Å². The summed E-state index contributed by atoms with van der Waals surface area (Å²) in [6, 6.07) is 7.40. The van der Waals surface area contributed by atoms with Gasteiger partial charge in [-0.15, -0.1) is 23.1 Å². The van der Waals surface area contributed by atoms with Crippen LogP contribution in [0.15, 0.2) is 40.7 Å². The smallest absolute Gasteiger partial charge is 0.236 e. The van der Waals surface area contributed by atoms with Crippen LogP contribution in [0, 0.1) is 0 Å². The summed E-state index contributed by atoms with van der Waals surface area (Å²) in [7, 11) is 0. The molecule has 0 spiro atoms. The quantitative estimate of drug-likeness (QED) is 0.874. The largest absolute Gasteiger partial charge is 0.301 e. The van der Waals surface area contributed by atoms with Crippen molar-refractivity contribution in [3.8, 4) is 0 Å². The Morgan fingerprint density at radius 1 is 1.41 bits per heavy atom. The van der Waals surface area contributed by atoms with Gasteiger partial charge in [0.1, 0.15) is 0 Å². The number of aromatic nitrogens is 1. The average Bonchev–Trinajstić information content (AvgIpc) is 2.81. The van der Waals surface area contributed by atoms with Crippen LogP contribution in [0.25, 0.3) is 0 Å². The minimum absolute atomic E-state index is 0.0556. The van der Waals surface area contributed by atoms with E-state index in [9.17, 15) is 4.79 Å². The van der Waals surface area contributed by atoms with Gasteiger partial charge in [0.2, 0.25) is 5.91 Å². The number of nitrogens with zero attached hydrogens (tertiary/aromatic N) is 1. The molecule has 88 valence electrons. The number of nitrogens with one attached hydrogen (secondary N) is 1. The van der Waals surface area contributed by atoms with Gasteiger partial charge in [-0.05, 0) is 24.3 Å². The standard InChI is InChI=1S/C11H9ClN2OS2/c12-8-1-3-9(4-2-8)17-7-10(15)14-11-13-5-6-16-11/h1-6H,7H2,(H,13,14,15). The van der Waals surface area contributed by atoms with Crippen LogP contribution in [0.3, 0.4) is 0 Å². The third-order valence-electron chi connectivity index (χ3n) is 1.86. The molecule has 0 aliphatic carbocycles. The van der Waals surface area contributed by atoms with Gasteiger partial charge in [-0.1, -0.05) is 11.6 Å². The second-order valence-corrected chi connectivity index (χ2v) is 5.51. The van der Waals surface area contributed by atoms with Gasteiger partial charge < -0.3 is 5.32 Å². The predicted octanol–water partition coefficient (Wildman–Crippen LogP) is 3.53. The molecular formula is C11H9ClN2OS2. The van der Waals surface area contributed by atoms with Gasteiger partial charge >= 0.3 is 0 Å². The first-order valence-electron chi connectivity index (χ1n) is 4.82. The molecule has 0 bridgehead atoms. The lowest BCUT2D eigenvalue weighted by atomic mass is 10.4. The molecule has 1 aromatic carbocycles. The highest BCUT2D eigenvalue weighted by atomic mass is 35.5. The maximum absolute atomic E-state index is 11.6. The van der Waals surface area contributed by atoms with E-state index in [0.717, 1.165) is 4.90 Å². The number of rotatable bonds is 4. The van der Waals surface area contributed by atoms with Crippen molar-refractivity contribution in [2.24, 2.45) is 0 Å². The van der Waals surface area contributed by atoms with Crippen LogP contribution in [0.4, 0.5) is 5.13 Å². The fourth-order valence-electron chi connectivity index (χ4n) is 1.12. The molecule has 0 saturated carbocycles. The number of halogens is 1. The molecule has 0 aliphatic rings. The topological polar surface area (TPSA) is 42.0 Å². The van der Waals surface area contributed by atoms with Crippen molar-refractivity contribution in [1.29, 1.82) is 0 Å². The molecule has 0 saturated heterocycles. The molecule has 0 atom stereocenters. The Bertz CT molecular complexity index is 485. The highest BCUT2D eigenvalue weighted by Crippen LogP contribution is 2.20. The molecule has 17 heavy (non-hydrogen) atoms. The Hall–Kier alpha value is -1.04. The molecule has 1 N–H and O–H groups in total. The molecule has 1 heterocycles. The Balaban J connectivity index is 1.82. The molecular weight excluding hydrogens is 276 g/mol. The number of hydrogen-bond acceptors (Lipinski definition) is 4. The number of thiazole rings is 1. The van der Waals surface area contributed by atoms with Crippen LogP contribution in [-0.2, 0) is 4.79 Å². The zero-order chi connectivity index (χ0) is 12.1. The van der Waals surface area contributed by atoms with Crippen molar-refractivity contribution in [2.45, 2.75) is 4.90 Å². The van der Waals surface area contributed by atoms with E-state index >= 15 is 0 Å². The van der Waals surface area contributed by atoms with Crippen LogP contribution in [-0.4, -0.2) is 16.6 Å². The van der Waals surface area contributed by atoms with E-state index in [4.69, 9.17) is 11.6 Å². The fraction of sp³-hybridized carbons (Fsp3) is 0.0909. The van der Waals surface area contributed by atoms with Gasteiger partial charge in [-0.25, -0.2) is 4.98 Å². The Labute approximate surface area is 112 Å². The van der Waals surface area contributed by atoms with Crippen molar-refractivity contribution in [2.75, 3.05) is 11.1 Å². The second kappa shape index (κ2) is 6.05. The summed E-state index contributed by atoms with van der Waals surface area (Å²) in [5, 5.41) is 5.87. The molecule has 0 aliphatic heterocycles. The number of thioether (sulfide) groups is 1. The van der Waals surface area contributed by atoms with Crippen molar-refractivity contribution < 1.29 is 4.79 Å². The monoisotopic (exact) mass is 284 g/mol. The number of carbonyl (C=O) groups is 1. The SMILES string of the molecule is O=C(CSc1ccc(Cl)cc1)Nc1nccs1. The van der Waals surface area contributed by atoms with Crippen molar-refractivity contribution in [1.82, 2.24) is 4.98 Å². The zero-order valence-electron chi connectivity index (χ0n) is 8.72. The van der Waals surface area contributed by atoms with Gasteiger partial charge in [0.15, 0.2) is 5.13 Å². The van der Waals surface area contributed by atoms with E-state index in [1.807, 2.05) is 29.6 Å². The summed E-state index contributed by atoms with van der Waals surface area (Å²) in [4.78, 5) is 16.6. The highest BCUT2D eigenvalue weighted by Gasteiger charge is 2.04. The van der Waals surface area contributed by atoms with Crippen LogP contribution in [0.5, 0.6) is 0 Å². The fourth-order valence-corrected chi connectivity index (χ4v) is 2.49. The molecule has 2 aromatic rings. The van der Waals surface area contributed by atoms with Gasteiger partial charge in [-0.2, -0.15) is 0 Å². The van der Waals surface area contributed by atoms with Crippen LogP contribution in [0.1, 0.15) is 0 Å². The predicted molar refractivity (Wildman–Crippen MR) is 72.9 cm³/mol. The summed E-state index contributed by atoms with van der Waals surface area (Å²) >= 11 is 8.64. The molecule has 1 amide bonds. The minimum atomic E-state index is -0.0556. The van der Waals surface area contributed by atoms with Gasteiger partial charge in [0.25, 0.3) is 0 Å². The van der Waals surface area contributed by atoms with E-state index in [0.29, 0.717) is 15.9 Å². The first-order valence-corrected chi connectivity index (χ1v) is 7.06. The normalized spacial score (nSPS) is 10.2. The second-order valence-electron chi connectivity index (χ2n) is 3.13. The summed E-state index contributed by atoms with van der Waals surface area (Å²) in [5.74, 6) is 0.307.